The Bertz CT molecular complexity index is 902. The molecular formula is C18H20ClN5. The Balaban J connectivity index is 1.78. The fourth-order valence-corrected chi connectivity index (χ4v) is 3.69. The van der Waals surface area contributed by atoms with Crippen molar-refractivity contribution in [2.45, 2.75) is 39.3 Å². The van der Waals surface area contributed by atoms with Crippen molar-refractivity contribution >= 4 is 28.2 Å². The first-order valence-electron chi connectivity index (χ1n) is 8.27. The van der Waals surface area contributed by atoms with Gasteiger partial charge in [0.05, 0.1) is 18.1 Å². The van der Waals surface area contributed by atoms with Crippen molar-refractivity contribution in [1.29, 1.82) is 0 Å². The maximum absolute atomic E-state index is 6.20. The van der Waals surface area contributed by atoms with E-state index in [2.05, 4.69) is 51.5 Å². The Hall–Kier alpha value is -2.14. The number of pyridine rings is 1. The zero-order valence-electron chi connectivity index (χ0n) is 14.1. The van der Waals surface area contributed by atoms with E-state index in [-0.39, 0.29) is 0 Å². The molecule has 1 aliphatic heterocycles. The van der Waals surface area contributed by atoms with Gasteiger partial charge in [-0.15, -0.1) is 10.2 Å². The van der Waals surface area contributed by atoms with E-state index in [1.807, 2.05) is 24.4 Å². The Morgan fingerprint density at radius 1 is 1.21 bits per heavy atom. The van der Waals surface area contributed by atoms with Crippen LogP contribution in [0.4, 0.5) is 5.69 Å². The van der Waals surface area contributed by atoms with Gasteiger partial charge >= 0.3 is 0 Å². The third-order valence-electron chi connectivity index (χ3n) is 4.59. The average molecular weight is 342 g/mol. The molecule has 2 aromatic heterocycles. The summed E-state index contributed by atoms with van der Waals surface area (Å²) in [6.07, 6.45) is 1.86. The Morgan fingerprint density at radius 3 is 2.83 bits per heavy atom. The molecule has 0 spiro atoms. The highest BCUT2D eigenvalue weighted by Gasteiger charge is 2.28. The first-order valence-corrected chi connectivity index (χ1v) is 8.65. The molecular weight excluding hydrogens is 322 g/mol. The normalized spacial score (nSPS) is 17.5. The average Bonchev–Trinajstić information content (AvgIpc) is 2.99. The third kappa shape index (κ3) is 2.44. The van der Waals surface area contributed by atoms with Crippen LogP contribution in [0.3, 0.4) is 0 Å². The van der Waals surface area contributed by atoms with Gasteiger partial charge in [-0.2, -0.15) is 0 Å². The zero-order valence-corrected chi connectivity index (χ0v) is 14.8. The van der Waals surface area contributed by atoms with E-state index in [1.165, 1.54) is 0 Å². The van der Waals surface area contributed by atoms with Crippen molar-refractivity contribution in [2.24, 2.45) is 0 Å². The number of halogens is 1. The van der Waals surface area contributed by atoms with Gasteiger partial charge in [-0.1, -0.05) is 25.4 Å². The van der Waals surface area contributed by atoms with E-state index >= 15 is 0 Å². The Morgan fingerprint density at radius 2 is 2.04 bits per heavy atom. The second-order valence-corrected chi connectivity index (χ2v) is 7.16. The molecule has 24 heavy (non-hydrogen) atoms. The SMILES string of the molecule is CC(C)c1nnc2n1[C@@H](C)CN(c1ccnc3ccc(Cl)cc13)C2. The molecule has 124 valence electrons. The molecule has 5 nitrogen and oxygen atoms in total. The van der Waals surface area contributed by atoms with Crippen LogP contribution in [-0.2, 0) is 6.54 Å². The van der Waals surface area contributed by atoms with Crippen molar-refractivity contribution < 1.29 is 0 Å². The van der Waals surface area contributed by atoms with Crippen LogP contribution in [0.1, 0.15) is 44.4 Å². The van der Waals surface area contributed by atoms with Crippen molar-refractivity contribution in [3.8, 4) is 0 Å². The van der Waals surface area contributed by atoms with E-state index in [1.54, 1.807) is 0 Å². The molecule has 0 unspecified atom stereocenters. The number of benzene rings is 1. The van der Waals surface area contributed by atoms with E-state index < -0.39 is 0 Å². The molecule has 1 atom stereocenters. The minimum absolute atomic E-state index is 0.323. The molecule has 0 radical (unpaired) electrons. The second-order valence-electron chi connectivity index (χ2n) is 6.72. The van der Waals surface area contributed by atoms with Gasteiger partial charge in [0, 0.05) is 34.8 Å². The third-order valence-corrected chi connectivity index (χ3v) is 4.82. The maximum atomic E-state index is 6.20. The highest BCUT2D eigenvalue weighted by atomic mass is 35.5. The largest absolute Gasteiger partial charge is 0.361 e. The fraction of sp³-hybridized carbons (Fsp3) is 0.389. The van der Waals surface area contributed by atoms with Crippen molar-refractivity contribution in [3.05, 3.63) is 47.1 Å². The van der Waals surface area contributed by atoms with Crippen LogP contribution in [0.25, 0.3) is 10.9 Å². The molecule has 0 aliphatic carbocycles. The topological polar surface area (TPSA) is 46.8 Å². The predicted molar refractivity (Wildman–Crippen MR) is 96.6 cm³/mol. The van der Waals surface area contributed by atoms with Crippen LogP contribution < -0.4 is 4.90 Å². The molecule has 0 bridgehead atoms. The lowest BCUT2D eigenvalue weighted by atomic mass is 10.1. The summed E-state index contributed by atoms with van der Waals surface area (Å²) in [4.78, 5) is 6.80. The lowest BCUT2D eigenvalue weighted by Gasteiger charge is -2.35. The highest BCUT2D eigenvalue weighted by molar-refractivity contribution is 6.31. The molecule has 0 saturated heterocycles. The molecule has 0 saturated carbocycles. The minimum Gasteiger partial charge on any atom is -0.361 e. The van der Waals surface area contributed by atoms with Gasteiger partial charge in [-0.05, 0) is 31.2 Å². The molecule has 0 fully saturated rings. The van der Waals surface area contributed by atoms with Crippen molar-refractivity contribution in [2.75, 3.05) is 11.4 Å². The summed E-state index contributed by atoms with van der Waals surface area (Å²) >= 11 is 6.20. The zero-order chi connectivity index (χ0) is 16.8. The van der Waals surface area contributed by atoms with Crippen LogP contribution in [0.2, 0.25) is 5.02 Å². The quantitative estimate of drug-likeness (QED) is 0.701. The summed E-state index contributed by atoms with van der Waals surface area (Å²) in [5, 5.41) is 10.6. The van der Waals surface area contributed by atoms with Gasteiger partial charge in [0.25, 0.3) is 0 Å². The van der Waals surface area contributed by atoms with Gasteiger partial charge in [0.2, 0.25) is 0 Å². The summed E-state index contributed by atoms with van der Waals surface area (Å²) in [7, 11) is 0. The van der Waals surface area contributed by atoms with Crippen LogP contribution in [-0.4, -0.2) is 26.3 Å². The van der Waals surface area contributed by atoms with E-state index in [9.17, 15) is 0 Å². The lowest BCUT2D eigenvalue weighted by molar-refractivity contribution is 0.443. The standard InChI is InChI=1S/C18H20ClN5/c1-11(2)18-22-21-17-10-23(9-12(3)24(17)18)16-6-7-20-15-5-4-13(19)8-14(15)16/h4-8,11-12H,9-10H2,1-3H3/t12-/m0/s1. The number of hydrogen-bond donors (Lipinski definition) is 0. The summed E-state index contributed by atoms with van der Waals surface area (Å²) in [5.41, 5.74) is 2.11. The summed E-state index contributed by atoms with van der Waals surface area (Å²) in [6, 6.07) is 8.21. The Labute approximate surface area is 146 Å². The molecule has 1 aliphatic rings. The lowest BCUT2D eigenvalue weighted by Crippen LogP contribution is -2.37. The molecule has 3 heterocycles. The number of fused-ring (bicyclic) bond motifs is 2. The fourth-order valence-electron chi connectivity index (χ4n) is 3.52. The number of anilines is 1. The van der Waals surface area contributed by atoms with Crippen LogP contribution in [0.15, 0.2) is 30.5 Å². The van der Waals surface area contributed by atoms with Crippen LogP contribution >= 0.6 is 11.6 Å². The van der Waals surface area contributed by atoms with Gasteiger partial charge in [-0.3, -0.25) is 4.98 Å². The van der Waals surface area contributed by atoms with Crippen molar-refractivity contribution in [3.63, 3.8) is 0 Å². The monoisotopic (exact) mass is 341 g/mol. The molecule has 1 aromatic carbocycles. The first-order chi connectivity index (χ1) is 11.5. The maximum Gasteiger partial charge on any atom is 0.152 e. The molecule has 6 heteroatoms. The van der Waals surface area contributed by atoms with Gasteiger partial charge < -0.3 is 9.47 Å². The van der Waals surface area contributed by atoms with Crippen molar-refractivity contribution in [1.82, 2.24) is 19.7 Å². The summed E-state index contributed by atoms with van der Waals surface area (Å²) in [6.45, 7) is 8.21. The molecule has 3 aromatic rings. The highest BCUT2D eigenvalue weighted by Crippen LogP contribution is 2.33. The van der Waals surface area contributed by atoms with Crippen LogP contribution in [0.5, 0.6) is 0 Å². The minimum atomic E-state index is 0.323. The number of aromatic nitrogens is 4. The molecule has 0 N–H and O–H groups in total. The number of rotatable bonds is 2. The molecule has 4 rings (SSSR count). The predicted octanol–water partition coefficient (Wildman–Crippen LogP) is 4.18. The van der Waals surface area contributed by atoms with Gasteiger partial charge in [-0.25, -0.2) is 0 Å². The summed E-state index contributed by atoms with van der Waals surface area (Å²) < 4.78 is 2.29. The molecule has 0 amide bonds. The smallest absolute Gasteiger partial charge is 0.152 e. The number of nitrogens with zero attached hydrogens (tertiary/aromatic N) is 5. The summed E-state index contributed by atoms with van der Waals surface area (Å²) in [5.74, 6) is 2.46. The first kappa shape index (κ1) is 15.4. The van der Waals surface area contributed by atoms with Gasteiger partial charge in [0.15, 0.2) is 5.82 Å². The van der Waals surface area contributed by atoms with E-state index in [0.29, 0.717) is 12.0 Å². The van der Waals surface area contributed by atoms with Gasteiger partial charge in [0.1, 0.15) is 5.82 Å². The Kier molecular flexibility index (Phi) is 3.68. The van der Waals surface area contributed by atoms with Crippen LogP contribution in [0, 0.1) is 0 Å². The number of hydrogen-bond acceptors (Lipinski definition) is 4. The van der Waals surface area contributed by atoms with E-state index in [4.69, 9.17) is 11.6 Å². The second kappa shape index (κ2) is 5.74. The van der Waals surface area contributed by atoms with E-state index in [0.717, 1.165) is 46.4 Å².